The minimum absolute atomic E-state index is 0.303. The molecule has 6 nitrogen and oxygen atoms in total. The molecule has 0 radical (unpaired) electrons. The first-order valence-electron chi connectivity index (χ1n) is 8.93. The smallest absolute Gasteiger partial charge is 0.175 e. The van der Waals surface area contributed by atoms with Crippen molar-refractivity contribution in [1.29, 1.82) is 0 Å². The Balaban J connectivity index is 1.51. The van der Waals surface area contributed by atoms with E-state index in [4.69, 9.17) is 0 Å². The summed E-state index contributed by atoms with van der Waals surface area (Å²) in [6.07, 6.45) is 7.73. The molecule has 0 bridgehead atoms. The summed E-state index contributed by atoms with van der Waals surface area (Å²) in [4.78, 5) is 11.5. The number of aromatic nitrogens is 2. The maximum atomic E-state index is 11.8. The zero-order valence-electron chi connectivity index (χ0n) is 14.5. The van der Waals surface area contributed by atoms with E-state index in [1.807, 2.05) is 0 Å². The normalized spacial score (nSPS) is 20.0. The minimum atomic E-state index is -3.25. The van der Waals surface area contributed by atoms with Crippen LogP contribution in [0.25, 0.3) is 10.9 Å². The number of nitrogens with one attached hydrogen (secondary N) is 1. The molecule has 0 unspecified atom stereocenters. The van der Waals surface area contributed by atoms with E-state index in [0.717, 1.165) is 48.6 Å². The summed E-state index contributed by atoms with van der Waals surface area (Å²) in [5.41, 5.74) is 0.760. The lowest BCUT2D eigenvalue weighted by atomic mass is 10.0. The number of hydrogen-bond acceptors (Lipinski definition) is 6. The molecule has 0 atom stereocenters. The molecule has 1 saturated heterocycles. The largest absolute Gasteiger partial charge is 0.367 e. The molecular formula is C18H24N4O2S. The molecule has 0 spiro atoms. The van der Waals surface area contributed by atoms with Crippen molar-refractivity contribution in [1.82, 2.24) is 14.9 Å². The Hall–Kier alpha value is -1.73. The number of sulfone groups is 1. The third-order valence-corrected chi connectivity index (χ3v) is 6.29. The van der Waals surface area contributed by atoms with Crippen LogP contribution in [0.1, 0.15) is 25.7 Å². The molecule has 2 aromatic rings. The van der Waals surface area contributed by atoms with Crippen LogP contribution in [0.15, 0.2) is 29.4 Å². The van der Waals surface area contributed by atoms with Gasteiger partial charge in [-0.1, -0.05) is 0 Å². The van der Waals surface area contributed by atoms with Gasteiger partial charge in [-0.2, -0.15) is 0 Å². The van der Waals surface area contributed by atoms with Crippen molar-refractivity contribution < 1.29 is 8.42 Å². The van der Waals surface area contributed by atoms with E-state index in [-0.39, 0.29) is 0 Å². The lowest BCUT2D eigenvalue weighted by Crippen LogP contribution is -2.40. The third-order valence-electron chi connectivity index (χ3n) is 5.18. The SMILES string of the molecule is CS(=O)(=O)c1ccc2ncnc(NC3CCN(CC4CC4)CC3)c2c1. The first-order valence-corrected chi connectivity index (χ1v) is 10.8. The van der Waals surface area contributed by atoms with Gasteiger partial charge in [0, 0.05) is 37.3 Å². The Morgan fingerprint density at radius 2 is 1.92 bits per heavy atom. The number of fused-ring (bicyclic) bond motifs is 1. The molecule has 134 valence electrons. The zero-order chi connectivity index (χ0) is 17.4. The van der Waals surface area contributed by atoms with E-state index in [1.165, 1.54) is 32.0 Å². The Morgan fingerprint density at radius 1 is 1.16 bits per heavy atom. The minimum Gasteiger partial charge on any atom is -0.367 e. The Kier molecular flexibility index (Phi) is 4.37. The van der Waals surface area contributed by atoms with Crippen molar-refractivity contribution in [3.05, 3.63) is 24.5 Å². The lowest BCUT2D eigenvalue weighted by molar-refractivity contribution is 0.211. The second kappa shape index (κ2) is 6.53. The van der Waals surface area contributed by atoms with Crippen molar-refractivity contribution in [3.63, 3.8) is 0 Å². The number of benzene rings is 1. The Labute approximate surface area is 148 Å². The van der Waals surface area contributed by atoms with Crippen LogP contribution < -0.4 is 5.32 Å². The first-order chi connectivity index (χ1) is 12.0. The van der Waals surface area contributed by atoms with Crippen LogP contribution in [0.5, 0.6) is 0 Å². The van der Waals surface area contributed by atoms with Crippen molar-refractivity contribution in [2.75, 3.05) is 31.2 Å². The van der Waals surface area contributed by atoms with E-state index >= 15 is 0 Å². The molecule has 1 saturated carbocycles. The van der Waals surface area contributed by atoms with E-state index in [9.17, 15) is 8.42 Å². The highest BCUT2D eigenvalue weighted by molar-refractivity contribution is 7.90. The van der Waals surface area contributed by atoms with Gasteiger partial charge in [0.15, 0.2) is 9.84 Å². The van der Waals surface area contributed by atoms with E-state index in [0.29, 0.717) is 10.9 Å². The van der Waals surface area contributed by atoms with Crippen LogP contribution in [-0.4, -0.2) is 55.2 Å². The maximum absolute atomic E-state index is 11.8. The molecule has 2 fully saturated rings. The number of rotatable bonds is 5. The number of nitrogens with zero attached hydrogens (tertiary/aromatic N) is 3. The highest BCUT2D eigenvalue weighted by Crippen LogP contribution is 2.31. The second-order valence-corrected chi connectivity index (χ2v) is 9.35. The average Bonchev–Trinajstić information content (AvgIpc) is 3.40. The monoisotopic (exact) mass is 360 g/mol. The number of likely N-dealkylation sites (tertiary alicyclic amines) is 1. The molecule has 1 aliphatic carbocycles. The zero-order valence-corrected chi connectivity index (χ0v) is 15.3. The molecule has 7 heteroatoms. The van der Waals surface area contributed by atoms with Gasteiger partial charge in [0.2, 0.25) is 0 Å². The predicted octanol–water partition coefficient (Wildman–Crippen LogP) is 2.32. The summed E-state index contributed by atoms with van der Waals surface area (Å²) in [6.45, 7) is 3.48. The summed E-state index contributed by atoms with van der Waals surface area (Å²) in [6, 6.07) is 5.40. The van der Waals surface area contributed by atoms with Gasteiger partial charge in [0.25, 0.3) is 0 Å². The quantitative estimate of drug-likeness (QED) is 0.882. The number of anilines is 1. The molecular weight excluding hydrogens is 336 g/mol. The topological polar surface area (TPSA) is 75.2 Å². The molecule has 2 heterocycles. The van der Waals surface area contributed by atoms with Crippen molar-refractivity contribution in [2.24, 2.45) is 5.92 Å². The maximum Gasteiger partial charge on any atom is 0.175 e. The summed E-state index contributed by atoms with van der Waals surface area (Å²) >= 11 is 0. The fourth-order valence-corrected chi connectivity index (χ4v) is 4.15. The number of hydrogen-bond donors (Lipinski definition) is 1. The van der Waals surface area contributed by atoms with Crippen molar-refractivity contribution in [2.45, 2.75) is 36.6 Å². The van der Waals surface area contributed by atoms with E-state index < -0.39 is 9.84 Å². The van der Waals surface area contributed by atoms with Crippen LogP contribution in [0, 0.1) is 5.92 Å². The van der Waals surface area contributed by atoms with Crippen molar-refractivity contribution in [3.8, 4) is 0 Å². The summed E-state index contributed by atoms with van der Waals surface area (Å²) in [5, 5.41) is 4.29. The van der Waals surface area contributed by atoms with E-state index in [2.05, 4.69) is 20.2 Å². The molecule has 2 aliphatic rings. The van der Waals surface area contributed by atoms with Crippen LogP contribution in [-0.2, 0) is 9.84 Å². The molecule has 1 aliphatic heterocycles. The first kappa shape index (κ1) is 16.7. The van der Waals surface area contributed by atoms with Gasteiger partial charge in [0.05, 0.1) is 10.4 Å². The molecule has 1 N–H and O–H groups in total. The van der Waals surface area contributed by atoms with Gasteiger partial charge in [-0.25, -0.2) is 18.4 Å². The predicted molar refractivity (Wildman–Crippen MR) is 98.5 cm³/mol. The molecule has 0 amide bonds. The highest BCUT2D eigenvalue weighted by atomic mass is 32.2. The fraction of sp³-hybridized carbons (Fsp3) is 0.556. The molecule has 4 rings (SSSR count). The molecule has 25 heavy (non-hydrogen) atoms. The van der Waals surface area contributed by atoms with Crippen LogP contribution in [0.3, 0.4) is 0 Å². The summed E-state index contributed by atoms with van der Waals surface area (Å²) in [7, 11) is -3.25. The van der Waals surface area contributed by atoms with Gasteiger partial charge >= 0.3 is 0 Å². The van der Waals surface area contributed by atoms with Gasteiger partial charge < -0.3 is 10.2 Å². The fourth-order valence-electron chi connectivity index (χ4n) is 3.50. The molecule has 1 aromatic carbocycles. The summed E-state index contributed by atoms with van der Waals surface area (Å²) < 4.78 is 23.7. The van der Waals surface area contributed by atoms with Gasteiger partial charge in [-0.3, -0.25) is 0 Å². The average molecular weight is 360 g/mol. The van der Waals surface area contributed by atoms with Gasteiger partial charge in [-0.05, 0) is 49.8 Å². The number of piperidine rings is 1. The Bertz CT molecular complexity index is 872. The third kappa shape index (κ3) is 3.93. The van der Waals surface area contributed by atoms with Gasteiger partial charge in [0.1, 0.15) is 12.1 Å². The van der Waals surface area contributed by atoms with Gasteiger partial charge in [-0.15, -0.1) is 0 Å². The Morgan fingerprint density at radius 3 is 2.60 bits per heavy atom. The molecule has 1 aromatic heterocycles. The van der Waals surface area contributed by atoms with Crippen LogP contribution in [0.2, 0.25) is 0 Å². The highest BCUT2D eigenvalue weighted by Gasteiger charge is 2.27. The lowest BCUT2D eigenvalue weighted by Gasteiger charge is -2.32. The van der Waals surface area contributed by atoms with E-state index in [1.54, 1.807) is 18.2 Å². The van der Waals surface area contributed by atoms with Crippen LogP contribution >= 0.6 is 0 Å². The second-order valence-electron chi connectivity index (χ2n) is 7.34. The van der Waals surface area contributed by atoms with Crippen molar-refractivity contribution >= 4 is 26.6 Å². The standard InChI is InChI=1S/C18H24N4O2S/c1-25(23,24)15-4-5-17-16(10-15)18(20-12-19-17)21-14-6-8-22(9-7-14)11-13-2-3-13/h4-5,10,12-14H,2-3,6-9,11H2,1H3,(H,19,20,21). The summed E-state index contributed by atoms with van der Waals surface area (Å²) in [5.74, 6) is 1.67. The van der Waals surface area contributed by atoms with Crippen LogP contribution in [0.4, 0.5) is 5.82 Å².